The Balaban J connectivity index is 4.18. The molecule has 0 radical (unpaired) electrons. The maximum Gasteiger partial charge on any atom is 0.323 e. The van der Waals surface area contributed by atoms with Crippen LogP contribution in [0, 0.1) is 5.41 Å². The Bertz CT molecular complexity index is 278. The summed E-state index contributed by atoms with van der Waals surface area (Å²) >= 11 is 0. The minimum atomic E-state index is -0.687. The van der Waals surface area contributed by atoms with Crippen LogP contribution in [0.3, 0.4) is 0 Å². The number of ketones is 1. The molecule has 0 aliphatic rings. The van der Waals surface area contributed by atoms with E-state index < -0.39 is 5.41 Å². The van der Waals surface area contributed by atoms with Gasteiger partial charge in [-0.2, -0.15) is 4.79 Å². The third-order valence-electron chi connectivity index (χ3n) is 1.94. The highest BCUT2D eigenvalue weighted by Gasteiger charge is 2.29. The van der Waals surface area contributed by atoms with E-state index in [9.17, 15) is 9.59 Å². The van der Waals surface area contributed by atoms with Gasteiger partial charge in [0, 0.05) is 6.42 Å². The van der Waals surface area contributed by atoms with E-state index in [0.717, 1.165) is 6.21 Å². The molecule has 0 aliphatic carbocycles. The molecule has 5 nitrogen and oxygen atoms in total. The smallest absolute Gasteiger partial charge is 0.323 e. The summed E-state index contributed by atoms with van der Waals surface area (Å²) in [6, 6.07) is 0. The van der Waals surface area contributed by atoms with Crippen LogP contribution in [-0.2, 0) is 14.3 Å². The zero-order chi connectivity index (χ0) is 11.2. The van der Waals surface area contributed by atoms with Gasteiger partial charge < -0.3 is 10.3 Å². The molecule has 0 heterocycles. The zero-order valence-electron chi connectivity index (χ0n) is 8.61. The highest BCUT2D eigenvalue weighted by molar-refractivity contribution is 6.25. The standard InChI is InChI=1S/C9H14N2O3/c1-9(2,8(13)14-3)5-4-7(12)6-11-10/h6H,4-5H2,1-3H3. The van der Waals surface area contributed by atoms with Crippen molar-refractivity contribution in [2.75, 3.05) is 7.11 Å². The molecule has 14 heavy (non-hydrogen) atoms. The molecular formula is C9H14N2O3. The molecule has 0 bridgehead atoms. The van der Waals surface area contributed by atoms with E-state index in [4.69, 9.17) is 5.53 Å². The van der Waals surface area contributed by atoms with Crippen LogP contribution in [0.15, 0.2) is 0 Å². The monoisotopic (exact) mass is 198 g/mol. The van der Waals surface area contributed by atoms with Gasteiger partial charge in [0.2, 0.25) is 5.78 Å². The topological polar surface area (TPSA) is 79.8 Å². The predicted octanol–water partition coefficient (Wildman–Crippen LogP) is 0.835. The molecular weight excluding hydrogens is 184 g/mol. The van der Waals surface area contributed by atoms with Crippen molar-refractivity contribution in [2.45, 2.75) is 26.7 Å². The first-order valence-corrected chi connectivity index (χ1v) is 4.22. The van der Waals surface area contributed by atoms with Gasteiger partial charge in [-0.15, -0.1) is 0 Å². The quantitative estimate of drug-likeness (QED) is 0.284. The van der Waals surface area contributed by atoms with Crippen LogP contribution in [0.25, 0.3) is 5.53 Å². The fourth-order valence-electron chi connectivity index (χ4n) is 0.943. The van der Waals surface area contributed by atoms with Crippen LogP contribution in [0.2, 0.25) is 0 Å². The van der Waals surface area contributed by atoms with Crippen molar-refractivity contribution in [3.05, 3.63) is 5.53 Å². The van der Waals surface area contributed by atoms with Crippen molar-refractivity contribution < 1.29 is 19.1 Å². The zero-order valence-corrected chi connectivity index (χ0v) is 8.61. The number of carbonyl (C=O) groups is 2. The number of hydrogen-bond donors (Lipinski definition) is 0. The van der Waals surface area contributed by atoms with Crippen molar-refractivity contribution in [1.82, 2.24) is 0 Å². The number of esters is 1. The molecule has 78 valence electrons. The van der Waals surface area contributed by atoms with Crippen molar-refractivity contribution in [2.24, 2.45) is 5.41 Å². The lowest BCUT2D eigenvalue weighted by atomic mass is 9.87. The molecule has 0 aliphatic heterocycles. The number of hydrogen-bond acceptors (Lipinski definition) is 3. The molecule has 5 heteroatoms. The largest absolute Gasteiger partial charge is 0.469 e. The Kier molecular flexibility index (Phi) is 4.73. The maximum atomic E-state index is 11.2. The number of Topliss-reactive ketones (excluding diaryl/α,β-unsaturated/α-hetero) is 1. The Hall–Kier alpha value is -1.48. The first-order chi connectivity index (χ1) is 6.44. The first-order valence-electron chi connectivity index (χ1n) is 4.22. The van der Waals surface area contributed by atoms with Gasteiger partial charge in [0.1, 0.15) is 0 Å². The van der Waals surface area contributed by atoms with Gasteiger partial charge in [0.15, 0.2) is 0 Å². The molecule has 0 amide bonds. The van der Waals surface area contributed by atoms with E-state index in [-0.39, 0.29) is 18.2 Å². The Labute approximate surface area is 82.7 Å². The van der Waals surface area contributed by atoms with Crippen molar-refractivity contribution in [3.63, 3.8) is 0 Å². The van der Waals surface area contributed by atoms with E-state index in [1.165, 1.54) is 7.11 Å². The second-order valence-electron chi connectivity index (χ2n) is 3.59. The Morgan fingerprint density at radius 1 is 1.50 bits per heavy atom. The summed E-state index contributed by atoms with van der Waals surface area (Å²) in [6.07, 6.45) is 1.35. The molecule has 0 saturated carbocycles. The lowest BCUT2D eigenvalue weighted by molar-refractivity contribution is -0.151. The molecule has 0 aromatic carbocycles. The van der Waals surface area contributed by atoms with Gasteiger partial charge in [-0.3, -0.25) is 9.59 Å². The van der Waals surface area contributed by atoms with E-state index in [1.54, 1.807) is 13.8 Å². The van der Waals surface area contributed by atoms with E-state index in [2.05, 4.69) is 9.53 Å². The summed E-state index contributed by atoms with van der Waals surface area (Å²) in [5.41, 5.74) is 7.39. The summed E-state index contributed by atoms with van der Waals surface area (Å²) in [4.78, 5) is 24.7. The molecule has 0 atom stereocenters. The minimum absolute atomic E-state index is 0.159. The number of methoxy groups -OCH3 is 1. The molecule has 0 spiro atoms. The summed E-state index contributed by atoms with van der Waals surface area (Å²) in [5, 5.41) is 0. The number of nitrogens with zero attached hydrogens (tertiary/aromatic N) is 2. The minimum Gasteiger partial charge on any atom is -0.469 e. The fraction of sp³-hybridized carbons (Fsp3) is 0.667. The van der Waals surface area contributed by atoms with Gasteiger partial charge in [-0.1, -0.05) is 0 Å². The van der Waals surface area contributed by atoms with Gasteiger partial charge in [0.25, 0.3) is 0 Å². The molecule has 0 rings (SSSR count). The molecule has 0 unspecified atom stereocenters. The van der Waals surface area contributed by atoms with Gasteiger partial charge in [0.05, 0.1) is 12.5 Å². The summed E-state index contributed by atoms with van der Waals surface area (Å²) in [7, 11) is 1.31. The summed E-state index contributed by atoms with van der Waals surface area (Å²) < 4.78 is 4.57. The Morgan fingerprint density at radius 2 is 2.07 bits per heavy atom. The first kappa shape index (κ1) is 12.5. The second kappa shape index (κ2) is 5.29. The Morgan fingerprint density at radius 3 is 2.50 bits per heavy atom. The van der Waals surface area contributed by atoms with Crippen molar-refractivity contribution in [3.8, 4) is 0 Å². The average Bonchev–Trinajstić information content (AvgIpc) is 2.14. The van der Waals surface area contributed by atoms with E-state index in [0.29, 0.717) is 6.42 Å². The summed E-state index contributed by atoms with van der Waals surface area (Å²) in [5.74, 6) is -0.671. The van der Waals surface area contributed by atoms with Crippen LogP contribution in [0.5, 0.6) is 0 Å². The van der Waals surface area contributed by atoms with E-state index in [1.807, 2.05) is 0 Å². The second-order valence-corrected chi connectivity index (χ2v) is 3.59. The third kappa shape index (κ3) is 3.96. The molecule has 0 aromatic heterocycles. The molecule has 0 fully saturated rings. The van der Waals surface area contributed by atoms with Crippen molar-refractivity contribution in [1.29, 1.82) is 0 Å². The highest BCUT2D eigenvalue weighted by Crippen LogP contribution is 2.23. The average molecular weight is 198 g/mol. The normalized spacial score (nSPS) is 10.2. The van der Waals surface area contributed by atoms with Crippen molar-refractivity contribution >= 4 is 18.0 Å². The molecule has 0 N–H and O–H groups in total. The van der Waals surface area contributed by atoms with E-state index >= 15 is 0 Å². The lowest BCUT2D eigenvalue weighted by Gasteiger charge is -2.19. The fourth-order valence-corrected chi connectivity index (χ4v) is 0.943. The van der Waals surface area contributed by atoms with Crippen LogP contribution in [-0.4, -0.2) is 29.9 Å². The van der Waals surface area contributed by atoms with Gasteiger partial charge in [-0.05, 0) is 20.3 Å². The van der Waals surface area contributed by atoms with Gasteiger partial charge >= 0.3 is 12.2 Å². The van der Waals surface area contributed by atoms with Crippen LogP contribution < -0.4 is 0 Å². The number of ether oxygens (including phenoxy) is 1. The third-order valence-corrected chi connectivity index (χ3v) is 1.94. The highest BCUT2D eigenvalue weighted by atomic mass is 16.5. The lowest BCUT2D eigenvalue weighted by Crippen LogP contribution is -2.26. The maximum absolute atomic E-state index is 11.2. The van der Waals surface area contributed by atoms with Gasteiger partial charge in [-0.25, -0.2) is 0 Å². The van der Waals surface area contributed by atoms with Crippen LogP contribution >= 0.6 is 0 Å². The SMILES string of the molecule is COC(=O)C(C)(C)CCC(=O)C=[N+]=[N-]. The number of carbonyl (C=O) groups excluding carboxylic acids is 2. The van der Waals surface area contributed by atoms with Crippen LogP contribution in [0.1, 0.15) is 26.7 Å². The predicted molar refractivity (Wildman–Crippen MR) is 49.7 cm³/mol. The summed E-state index contributed by atoms with van der Waals surface area (Å²) in [6.45, 7) is 3.39. The van der Waals surface area contributed by atoms with Crippen LogP contribution in [0.4, 0.5) is 0 Å². The molecule has 0 aromatic rings. The molecule has 0 saturated heterocycles. The number of rotatable bonds is 5.